The van der Waals surface area contributed by atoms with Crippen molar-refractivity contribution in [2.24, 2.45) is 0 Å². The summed E-state index contributed by atoms with van der Waals surface area (Å²) in [4.78, 5) is 38.3. The Kier molecular flexibility index (Phi) is 4.42. The highest BCUT2D eigenvalue weighted by atomic mass is 16.2. The molecule has 1 aliphatic rings. The van der Waals surface area contributed by atoms with Crippen molar-refractivity contribution in [2.75, 3.05) is 0 Å². The fourth-order valence-corrected chi connectivity index (χ4v) is 2.99. The monoisotopic (exact) mass is 322 g/mol. The zero-order chi connectivity index (χ0) is 17.1. The fraction of sp³-hybridized carbons (Fsp3) is 0.211. The van der Waals surface area contributed by atoms with Crippen LogP contribution in [0.25, 0.3) is 0 Å². The van der Waals surface area contributed by atoms with Crippen LogP contribution >= 0.6 is 0 Å². The van der Waals surface area contributed by atoms with Crippen molar-refractivity contribution < 1.29 is 14.4 Å². The van der Waals surface area contributed by atoms with Gasteiger partial charge in [0.15, 0.2) is 0 Å². The number of hydrogen-bond donors (Lipinski definition) is 1. The summed E-state index contributed by atoms with van der Waals surface area (Å²) in [7, 11) is 0. The Morgan fingerprint density at radius 1 is 0.958 bits per heavy atom. The van der Waals surface area contributed by atoms with Gasteiger partial charge in [-0.1, -0.05) is 60.7 Å². The lowest BCUT2D eigenvalue weighted by Crippen LogP contribution is -2.59. The van der Waals surface area contributed by atoms with E-state index in [1.54, 1.807) is 24.3 Å². The standard InChI is InChI=1S/C19H18N2O3/c1-13(12-14-8-4-2-5-9-14)21-18(23)16(17(22)20-19(21)24)15-10-6-3-7-11-15/h2-11,13,16H,12H2,1H3,(H,20,22,24). The molecule has 1 fully saturated rings. The normalized spacial score (nSPS) is 19.1. The number of imide groups is 2. The molecule has 2 aromatic rings. The minimum absolute atomic E-state index is 0.348. The summed E-state index contributed by atoms with van der Waals surface area (Å²) in [5.41, 5.74) is 1.61. The minimum atomic E-state index is -0.984. The maximum absolute atomic E-state index is 12.8. The van der Waals surface area contributed by atoms with Gasteiger partial charge in [-0.05, 0) is 24.5 Å². The van der Waals surface area contributed by atoms with E-state index in [4.69, 9.17) is 0 Å². The number of amides is 4. The van der Waals surface area contributed by atoms with E-state index in [1.165, 1.54) is 0 Å². The third kappa shape index (κ3) is 3.06. The topological polar surface area (TPSA) is 66.5 Å². The van der Waals surface area contributed by atoms with E-state index in [-0.39, 0.29) is 6.04 Å². The Bertz CT molecular complexity index is 759. The molecule has 3 rings (SSSR count). The van der Waals surface area contributed by atoms with E-state index in [0.717, 1.165) is 10.5 Å². The van der Waals surface area contributed by atoms with Crippen LogP contribution in [0.3, 0.4) is 0 Å². The van der Waals surface area contributed by atoms with Crippen LogP contribution in [-0.2, 0) is 16.0 Å². The second kappa shape index (κ2) is 6.66. The summed E-state index contributed by atoms with van der Waals surface area (Å²) >= 11 is 0. The van der Waals surface area contributed by atoms with Crippen LogP contribution in [0.15, 0.2) is 60.7 Å². The van der Waals surface area contributed by atoms with Gasteiger partial charge in [0.05, 0.1) is 0 Å². The Morgan fingerprint density at radius 3 is 2.17 bits per heavy atom. The molecule has 0 radical (unpaired) electrons. The molecule has 2 unspecified atom stereocenters. The summed E-state index contributed by atoms with van der Waals surface area (Å²) in [6, 6.07) is 17.4. The smallest absolute Gasteiger partial charge is 0.277 e. The Balaban J connectivity index is 1.85. The molecule has 2 aromatic carbocycles. The number of carbonyl (C=O) groups is 3. The molecule has 5 heteroatoms. The molecular weight excluding hydrogens is 304 g/mol. The molecule has 0 bridgehead atoms. The number of rotatable bonds is 4. The lowest BCUT2D eigenvalue weighted by Gasteiger charge is -2.34. The van der Waals surface area contributed by atoms with Crippen molar-refractivity contribution in [1.29, 1.82) is 0 Å². The zero-order valence-corrected chi connectivity index (χ0v) is 13.3. The molecule has 0 saturated carbocycles. The predicted octanol–water partition coefficient (Wildman–Crippen LogP) is 2.48. The maximum atomic E-state index is 12.8. The number of nitrogens with one attached hydrogen (secondary N) is 1. The van der Waals surface area contributed by atoms with Gasteiger partial charge in [-0.25, -0.2) is 4.79 Å². The molecular formula is C19H18N2O3. The molecule has 0 spiro atoms. The molecule has 122 valence electrons. The molecule has 24 heavy (non-hydrogen) atoms. The molecule has 0 aromatic heterocycles. The second-order valence-corrected chi connectivity index (χ2v) is 5.89. The average molecular weight is 322 g/mol. The summed E-state index contributed by atoms with van der Waals surface area (Å²) in [5.74, 6) is -2.03. The first-order valence-electron chi connectivity index (χ1n) is 7.84. The van der Waals surface area contributed by atoms with Gasteiger partial charge in [-0.3, -0.25) is 19.8 Å². The van der Waals surface area contributed by atoms with Crippen LogP contribution < -0.4 is 5.32 Å². The first kappa shape index (κ1) is 15.9. The third-order valence-corrected chi connectivity index (χ3v) is 4.14. The van der Waals surface area contributed by atoms with E-state index in [0.29, 0.717) is 12.0 Å². The van der Waals surface area contributed by atoms with E-state index in [9.17, 15) is 14.4 Å². The summed E-state index contributed by atoms with van der Waals surface area (Å²) in [6.07, 6.45) is 0.537. The van der Waals surface area contributed by atoms with E-state index >= 15 is 0 Å². The molecule has 1 aliphatic heterocycles. The highest BCUT2D eigenvalue weighted by Crippen LogP contribution is 2.24. The number of nitrogens with zero attached hydrogens (tertiary/aromatic N) is 1. The molecule has 5 nitrogen and oxygen atoms in total. The van der Waals surface area contributed by atoms with Gasteiger partial charge in [-0.15, -0.1) is 0 Å². The third-order valence-electron chi connectivity index (χ3n) is 4.14. The lowest BCUT2D eigenvalue weighted by atomic mass is 9.94. The van der Waals surface area contributed by atoms with E-state index < -0.39 is 23.8 Å². The second-order valence-electron chi connectivity index (χ2n) is 5.89. The van der Waals surface area contributed by atoms with Crippen LogP contribution in [0.1, 0.15) is 24.0 Å². The number of hydrogen-bond acceptors (Lipinski definition) is 3. The van der Waals surface area contributed by atoms with Crippen molar-refractivity contribution in [3.8, 4) is 0 Å². The van der Waals surface area contributed by atoms with Crippen LogP contribution in [0, 0.1) is 0 Å². The van der Waals surface area contributed by atoms with Crippen molar-refractivity contribution >= 4 is 17.8 Å². The largest absolute Gasteiger partial charge is 0.331 e. The maximum Gasteiger partial charge on any atom is 0.331 e. The Labute approximate surface area is 140 Å². The number of urea groups is 1. The highest BCUT2D eigenvalue weighted by Gasteiger charge is 2.43. The van der Waals surface area contributed by atoms with Gasteiger partial charge in [0.2, 0.25) is 11.8 Å². The minimum Gasteiger partial charge on any atom is -0.277 e. The zero-order valence-electron chi connectivity index (χ0n) is 13.3. The van der Waals surface area contributed by atoms with Crippen molar-refractivity contribution in [2.45, 2.75) is 25.3 Å². The van der Waals surface area contributed by atoms with Crippen molar-refractivity contribution in [1.82, 2.24) is 10.2 Å². The highest BCUT2D eigenvalue weighted by molar-refractivity contribution is 6.19. The van der Waals surface area contributed by atoms with Gasteiger partial charge in [0.1, 0.15) is 5.92 Å². The number of carbonyl (C=O) groups excluding carboxylic acids is 3. The first-order chi connectivity index (χ1) is 11.6. The van der Waals surface area contributed by atoms with Crippen LogP contribution in [-0.4, -0.2) is 28.8 Å². The predicted molar refractivity (Wildman–Crippen MR) is 89.2 cm³/mol. The average Bonchev–Trinajstić information content (AvgIpc) is 2.56. The first-order valence-corrected chi connectivity index (χ1v) is 7.84. The molecule has 4 amide bonds. The van der Waals surface area contributed by atoms with Gasteiger partial charge in [0, 0.05) is 6.04 Å². The van der Waals surface area contributed by atoms with E-state index in [1.807, 2.05) is 43.3 Å². The molecule has 2 atom stereocenters. The fourth-order valence-electron chi connectivity index (χ4n) is 2.99. The molecule has 1 N–H and O–H groups in total. The molecule has 0 aliphatic carbocycles. The van der Waals surface area contributed by atoms with E-state index in [2.05, 4.69) is 5.32 Å². The number of barbiturate groups is 1. The summed E-state index contributed by atoms with van der Waals surface area (Å²) < 4.78 is 0. The quantitative estimate of drug-likeness (QED) is 0.880. The number of benzene rings is 2. The van der Waals surface area contributed by atoms with Gasteiger partial charge in [0.25, 0.3) is 0 Å². The molecule has 1 heterocycles. The summed E-state index contributed by atoms with van der Waals surface area (Å²) in [6.45, 7) is 1.81. The summed E-state index contributed by atoms with van der Waals surface area (Å²) in [5, 5.41) is 2.30. The van der Waals surface area contributed by atoms with Crippen LogP contribution in [0.5, 0.6) is 0 Å². The lowest BCUT2D eigenvalue weighted by molar-refractivity contribution is -0.139. The SMILES string of the molecule is CC(Cc1ccccc1)N1C(=O)NC(=O)C(c2ccccc2)C1=O. The van der Waals surface area contributed by atoms with Crippen LogP contribution in [0.4, 0.5) is 4.79 Å². The Morgan fingerprint density at radius 2 is 1.54 bits per heavy atom. The molecule has 1 saturated heterocycles. The van der Waals surface area contributed by atoms with Crippen molar-refractivity contribution in [3.63, 3.8) is 0 Å². The van der Waals surface area contributed by atoms with Gasteiger partial charge in [-0.2, -0.15) is 0 Å². The van der Waals surface area contributed by atoms with Gasteiger partial charge >= 0.3 is 6.03 Å². The van der Waals surface area contributed by atoms with Crippen LogP contribution in [0.2, 0.25) is 0 Å². The Hall–Kier alpha value is -2.95. The van der Waals surface area contributed by atoms with Gasteiger partial charge < -0.3 is 0 Å². The van der Waals surface area contributed by atoms with Crippen molar-refractivity contribution in [3.05, 3.63) is 71.8 Å².